The predicted octanol–water partition coefficient (Wildman–Crippen LogP) is 3.65. The number of rotatable bonds is 6. The van der Waals surface area contributed by atoms with Crippen LogP contribution in [0.1, 0.15) is 33.1 Å². The molecule has 2 atom stereocenters. The molecule has 6 nitrogen and oxygen atoms in total. The molecule has 8 heteroatoms. The molecule has 1 amide bonds. The molecule has 1 aliphatic carbocycles. The molecule has 2 N–H and O–H groups in total. The summed E-state index contributed by atoms with van der Waals surface area (Å²) in [6.45, 7) is 3.91. The summed E-state index contributed by atoms with van der Waals surface area (Å²) in [5, 5.41) is 13.4. The van der Waals surface area contributed by atoms with Crippen molar-refractivity contribution in [1.29, 1.82) is 0 Å². The molecule has 0 aromatic carbocycles. The highest BCUT2D eigenvalue weighted by molar-refractivity contribution is 8.14. The van der Waals surface area contributed by atoms with Crippen LogP contribution < -0.4 is 10.6 Å². The van der Waals surface area contributed by atoms with Crippen molar-refractivity contribution < 1.29 is 9.53 Å². The number of hydrazone groups is 1. The number of carbonyl (C=O) groups excluding carboxylic acids is 1. The summed E-state index contributed by atoms with van der Waals surface area (Å²) >= 11 is 7.87. The molecule has 0 aromatic heterocycles. The third kappa shape index (κ3) is 4.58. The summed E-state index contributed by atoms with van der Waals surface area (Å²) in [6, 6.07) is 0. The van der Waals surface area contributed by atoms with Crippen molar-refractivity contribution >= 4 is 34.4 Å². The van der Waals surface area contributed by atoms with Crippen molar-refractivity contribution in [2.24, 2.45) is 11.0 Å². The zero-order valence-electron chi connectivity index (χ0n) is 16.7. The topological polar surface area (TPSA) is 66.0 Å². The Morgan fingerprint density at radius 1 is 1.54 bits per heavy atom. The van der Waals surface area contributed by atoms with Gasteiger partial charge in [0.2, 0.25) is 0 Å². The lowest BCUT2D eigenvalue weighted by atomic mass is 9.93. The van der Waals surface area contributed by atoms with Crippen molar-refractivity contribution in [3.63, 3.8) is 0 Å². The number of nitrogens with one attached hydrogen (secondary N) is 2. The fourth-order valence-corrected chi connectivity index (χ4v) is 4.76. The van der Waals surface area contributed by atoms with Crippen molar-refractivity contribution in [1.82, 2.24) is 15.6 Å². The predicted molar refractivity (Wildman–Crippen MR) is 116 cm³/mol. The maximum Gasteiger partial charge on any atom is 0.257 e. The Labute approximate surface area is 175 Å². The van der Waals surface area contributed by atoms with E-state index in [0.29, 0.717) is 34.2 Å². The number of hydrogen-bond donors (Lipinski definition) is 2. The molecule has 1 saturated carbocycles. The molecule has 1 fully saturated rings. The summed E-state index contributed by atoms with van der Waals surface area (Å²) in [5.41, 5.74) is 1.95. The first-order chi connectivity index (χ1) is 13.5. The molecule has 0 radical (unpaired) electrons. The monoisotopic (exact) mass is 422 g/mol. The molecule has 152 valence electrons. The average Bonchev–Trinajstić information content (AvgIpc) is 3.45. The van der Waals surface area contributed by atoms with Gasteiger partial charge in [-0.05, 0) is 43.8 Å². The van der Waals surface area contributed by atoms with E-state index in [1.807, 2.05) is 44.1 Å². The zero-order valence-corrected chi connectivity index (χ0v) is 18.2. The summed E-state index contributed by atoms with van der Waals surface area (Å²) in [4.78, 5) is 13.1. The van der Waals surface area contributed by atoms with Crippen molar-refractivity contribution in [2.75, 3.05) is 14.2 Å². The molecule has 3 rings (SSSR count). The van der Waals surface area contributed by atoms with Crippen molar-refractivity contribution in [2.45, 2.75) is 44.0 Å². The number of amides is 1. The summed E-state index contributed by atoms with van der Waals surface area (Å²) < 4.78 is 5.48. The van der Waals surface area contributed by atoms with E-state index in [0.717, 1.165) is 11.1 Å². The number of amidine groups is 1. The summed E-state index contributed by atoms with van der Waals surface area (Å²) in [7, 11) is 3.57. The second-order valence-corrected chi connectivity index (χ2v) is 8.46. The Balaban J connectivity index is 1.86. The molecule has 2 heterocycles. The number of carbonyl (C=O) groups is 1. The van der Waals surface area contributed by atoms with Crippen LogP contribution in [0.5, 0.6) is 0 Å². The van der Waals surface area contributed by atoms with Crippen LogP contribution >= 0.6 is 23.4 Å². The SMILES string of the molecule is C/C=C\C(C(=O)NC1=NN(C)C(C2CC2)S1)=C(/CC)C1=CC(Cl)NC=C1OC. The molecule has 3 aliphatic rings. The molecular weight excluding hydrogens is 396 g/mol. The molecule has 0 saturated heterocycles. The fraction of sp³-hybridized carbons (Fsp3) is 0.500. The van der Waals surface area contributed by atoms with Gasteiger partial charge in [-0.1, -0.05) is 42.4 Å². The number of halogens is 1. The quantitative estimate of drug-likeness (QED) is 0.296. The van der Waals surface area contributed by atoms with Crippen LogP contribution in [-0.4, -0.2) is 41.1 Å². The van der Waals surface area contributed by atoms with Gasteiger partial charge in [0.1, 0.15) is 16.6 Å². The van der Waals surface area contributed by atoms with E-state index in [2.05, 4.69) is 15.7 Å². The number of allylic oxidation sites excluding steroid dienone is 2. The normalized spacial score (nSPS) is 25.6. The van der Waals surface area contributed by atoms with Crippen molar-refractivity contribution in [3.8, 4) is 0 Å². The Morgan fingerprint density at radius 2 is 2.29 bits per heavy atom. The third-order valence-corrected chi connectivity index (χ3v) is 6.44. The standard InChI is InChI=1S/C20H27ClN4O2S/c1-5-7-14(13(6-2)15-10-17(21)22-11-16(15)27-4)18(26)23-20-24-25(3)19(28-20)12-8-9-12/h5,7,10-12,17,19,22H,6,8-9H2,1-4H3,(H,23,24,26)/b7-5-,14-13-. The first kappa shape index (κ1) is 20.9. The van der Waals surface area contributed by atoms with Crippen LogP contribution in [0, 0.1) is 5.92 Å². The average molecular weight is 423 g/mol. The van der Waals surface area contributed by atoms with Gasteiger partial charge in [0.25, 0.3) is 5.91 Å². The number of methoxy groups -OCH3 is 1. The number of hydrogen-bond acceptors (Lipinski definition) is 6. The summed E-state index contributed by atoms with van der Waals surface area (Å²) in [5.74, 6) is 1.15. The fourth-order valence-electron chi connectivity index (χ4n) is 3.35. The molecule has 0 aromatic rings. The first-order valence-corrected chi connectivity index (χ1v) is 10.8. The second kappa shape index (κ2) is 9.09. The van der Waals surface area contributed by atoms with E-state index in [4.69, 9.17) is 16.3 Å². The van der Waals surface area contributed by atoms with Gasteiger partial charge in [0, 0.05) is 24.4 Å². The van der Waals surface area contributed by atoms with E-state index >= 15 is 0 Å². The number of thioether (sulfide) groups is 1. The van der Waals surface area contributed by atoms with Crippen LogP contribution in [0.15, 0.2) is 52.0 Å². The van der Waals surface area contributed by atoms with Crippen LogP contribution in [0.2, 0.25) is 0 Å². The van der Waals surface area contributed by atoms with E-state index < -0.39 is 0 Å². The molecule has 0 spiro atoms. The number of dihydropyridines is 1. The Hall–Kier alpha value is -1.86. The number of alkyl halides is 1. The molecule has 2 unspecified atom stereocenters. The Bertz CT molecular complexity index is 783. The minimum atomic E-state index is -0.354. The molecule has 28 heavy (non-hydrogen) atoms. The van der Waals surface area contributed by atoms with Crippen molar-refractivity contribution in [3.05, 3.63) is 46.9 Å². The third-order valence-electron chi connectivity index (χ3n) is 4.85. The van der Waals surface area contributed by atoms with Gasteiger partial charge in [-0.2, -0.15) is 5.10 Å². The maximum atomic E-state index is 13.1. The van der Waals surface area contributed by atoms with Gasteiger partial charge >= 0.3 is 0 Å². The highest BCUT2D eigenvalue weighted by Crippen LogP contribution is 2.43. The zero-order chi connectivity index (χ0) is 20.3. The molecular formula is C20H27ClN4O2S. The molecule has 0 bridgehead atoms. The highest BCUT2D eigenvalue weighted by Gasteiger charge is 2.39. The van der Waals surface area contributed by atoms with Gasteiger partial charge in [-0.15, -0.1) is 0 Å². The van der Waals surface area contributed by atoms with Gasteiger partial charge in [0.15, 0.2) is 5.17 Å². The van der Waals surface area contributed by atoms with Crippen LogP contribution in [0.25, 0.3) is 0 Å². The van der Waals surface area contributed by atoms with E-state index in [9.17, 15) is 4.79 Å². The number of nitrogens with zero attached hydrogens (tertiary/aromatic N) is 2. The van der Waals surface area contributed by atoms with E-state index in [1.165, 1.54) is 12.8 Å². The number of ether oxygens (including phenoxy) is 1. The van der Waals surface area contributed by atoms with Gasteiger partial charge < -0.3 is 10.1 Å². The minimum absolute atomic E-state index is 0.174. The summed E-state index contributed by atoms with van der Waals surface area (Å²) in [6.07, 6.45) is 10.4. The maximum absolute atomic E-state index is 13.1. The lowest BCUT2D eigenvalue weighted by Crippen LogP contribution is -2.30. The van der Waals surface area contributed by atoms with Gasteiger partial charge in [0.05, 0.1) is 7.11 Å². The smallest absolute Gasteiger partial charge is 0.257 e. The Kier molecular flexibility index (Phi) is 6.78. The van der Waals surface area contributed by atoms with Crippen LogP contribution in [0.4, 0.5) is 0 Å². The lowest BCUT2D eigenvalue weighted by Gasteiger charge is -2.22. The largest absolute Gasteiger partial charge is 0.495 e. The van der Waals surface area contributed by atoms with E-state index in [1.54, 1.807) is 25.1 Å². The van der Waals surface area contributed by atoms with Gasteiger partial charge in [-0.25, -0.2) is 0 Å². The molecule has 2 aliphatic heterocycles. The van der Waals surface area contributed by atoms with Gasteiger partial charge in [-0.3, -0.25) is 15.1 Å². The second-order valence-electron chi connectivity index (χ2n) is 6.89. The van der Waals surface area contributed by atoms with Crippen LogP contribution in [0.3, 0.4) is 0 Å². The van der Waals surface area contributed by atoms with E-state index in [-0.39, 0.29) is 11.4 Å². The first-order valence-electron chi connectivity index (χ1n) is 9.50. The Morgan fingerprint density at radius 3 is 2.89 bits per heavy atom. The highest BCUT2D eigenvalue weighted by atomic mass is 35.5. The van der Waals surface area contributed by atoms with Crippen LogP contribution in [-0.2, 0) is 9.53 Å². The minimum Gasteiger partial charge on any atom is -0.495 e. The lowest BCUT2D eigenvalue weighted by molar-refractivity contribution is -0.115.